The summed E-state index contributed by atoms with van der Waals surface area (Å²) in [5.74, 6) is -0.444. The number of non-ortho nitro benzene ring substituents is 1. The van der Waals surface area contributed by atoms with Crippen molar-refractivity contribution in [1.82, 2.24) is 14.8 Å². The first-order valence-corrected chi connectivity index (χ1v) is 7.47. The van der Waals surface area contributed by atoms with Gasteiger partial charge in [-0.15, -0.1) is 5.10 Å². The van der Waals surface area contributed by atoms with Gasteiger partial charge in [0.15, 0.2) is 5.82 Å². The average Bonchev–Trinajstić information content (AvgIpc) is 3.11. The van der Waals surface area contributed by atoms with Gasteiger partial charge in [0.1, 0.15) is 12.1 Å². The monoisotopic (exact) mass is 400 g/mol. The molecule has 3 rings (SSSR count). The zero-order valence-electron chi connectivity index (χ0n) is 13.6. The largest absolute Gasteiger partial charge is 0.499 e. The van der Waals surface area contributed by atoms with Gasteiger partial charge < -0.3 is 4.74 Å². The molecular weight excluding hydrogens is 391 g/mol. The average molecular weight is 400 g/mol. The van der Waals surface area contributed by atoms with Crippen LogP contribution in [0.4, 0.5) is 27.6 Å². The molecule has 7 nitrogen and oxygen atoms in total. The van der Waals surface area contributed by atoms with Crippen LogP contribution in [-0.4, -0.2) is 32.0 Å². The van der Waals surface area contributed by atoms with Crippen LogP contribution in [-0.2, 0) is 0 Å². The highest BCUT2D eigenvalue weighted by atomic mass is 19.4. The molecule has 12 heteroatoms. The number of nitro groups is 1. The lowest BCUT2D eigenvalue weighted by molar-refractivity contribution is -0.384. The van der Waals surface area contributed by atoms with E-state index in [0.29, 0.717) is 11.3 Å². The number of benzene rings is 2. The highest BCUT2D eigenvalue weighted by Gasteiger charge is 2.61. The SMILES string of the molecule is O=[N+]([O-])c1ccc(-c2ncn(-c3ccc(OC(F)(F)C(F)(F)F)cc3)n2)cc1. The van der Waals surface area contributed by atoms with Crippen LogP contribution in [0.15, 0.2) is 54.9 Å². The summed E-state index contributed by atoms with van der Waals surface area (Å²) >= 11 is 0. The highest BCUT2D eigenvalue weighted by molar-refractivity contribution is 5.57. The summed E-state index contributed by atoms with van der Waals surface area (Å²) in [7, 11) is 0. The van der Waals surface area contributed by atoms with Crippen molar-refractivity contribution >= 4 is 5.69 Å². The van der Waals surface area contributed by atoms with E-state index in [4.69, 9.17) is 0 Å². The fourth-order valence-electron chi connectivity index (χ4n) is 2.12. The third-order valence-electron chi connectivity index (χ3n) is 3.51. The van der Waals surface area contributed by atoms with Gasteiger partial charge in [-0.2, -0.15) is 22.0 Å². The van der Waals surface area contributed by atoms with Gasteiger partial charge in [-0.25, -0.2) is 9.67 Å². The third kappa shape index (κ3) is 3.89. The number of nitrogens with zero attached hydrogens (tertiary/aromatic N) is 4. The summed E-state index contributed by atoms with van der Waals surface area (Å²) in [6, 6.07) is 9.77. The molecule has 1 heterocycles. The molecule has 0 aliphatic carbocycles. The number of halogens is 5. The zero-order valence-corrected chi connectivity index (χ0v) is 13.6. The first-order chi connectivity index (χ1) is 13.1. The van der Waals surface area contributed by atoms with E-state index in [9.17, 15) is 32.1 Å². The van der Waals surface area contributed by atoms with Crippen LogP contribution in [0.25, 0.3) is 17.1 Å². The molecule has 0 spiro atoms. The van der Waals surface area contributed by atoms with Gasteiger partial charge in [0.2, 0.25) is 0 Å². The smallest absolute Gasteiger partial charge is 0.426 e. The summed E-state index contributed by atoms with van der Waals surface area (Å²) < 4.78 is 67.2. The normalized spacial score (nSPS) is 12.0. The first-order valence-electron chi connectivity index (χ1n) is 7.47. The molecule has 0 aliphatic rings. The van der Waals surface area contributed by atoms with E-state index < -0.39 is 23.0 Å². The van der Waals surface area contributed by atoms with Crippen LogP contribution in [0.5, 0.6) is 5.75 Å². The number of alkyl halides is 5. The van der Waals surface area contributed by atoms with Gasteiger partial charge in [0.05, 0.1) is 10.6 Å². The van der Waals surface area contributed by atoms with Crippen molar-refractivity contribution in [1.29, 1.82) is 0 Å². The molecule has 1 aromatic heterocycles. The second kappa shape index (κ2) is 6.87. The molecule has 0 aliphatic heterocycles. The number of rotatable bonds is 5. The summed E-state index contributed by atoms with van der Waals surface area (Å²) in [6.45, 7) is 0. The number of hydrogen-bond donors (Lipinski definition) is 0. The van der Waals surface area contributed by atoms with Crippen LogP contribution < -0.4 is 4.74 Å². The van der Waals surface area contributed by atoms with Crippen LogP contribution in [0.3, 0.4) is 0 Å². The lowest BCUT2D eigenvalue weighted by atomic mass is 10.2. The second-order valence-corrected chi connectivity index (χ2v) is 5.43. The summed E-state index contributed by atoms with van der Waals surface area (Å²) in [6.07, 6.45) is -9.86. The third-order valence-corrected chi connectivity index (χ3v) is 3.51. The van der Waals surface area contributed by atoms with Crippen LogP contribution in [0.1, 0.15) is 0 Å². The lowest BCUT2D eigenvalue weighted by Gasteiger charge is -2.20. The van der Waals surface area contributed by atoms with Crippen molar-refractivity contribution in [2.75, 3.05) is 0 Å². The van der Waals surface area contributed by atoms with Crippen molar-refractivity contribution in [2.45, 2.75) is 12.3 Å². The highest BCUT2D eigenvalue weighted by Crippen LogP contribution is 2.37. The van der Waals surface area contributed by atoms with E-state index in [-0.39, 0.29) is 11.5 Å². The molecule has 28 heavy (non-hydrogen) atoms. The van der Waals surface area contributed by atoms with E-state index >= 15 is 0 Å². The standard InChI is InChI=1S/C16H9F5N4O3/c17-15(18,19)16(20,21)28-13-7-5-11(6-8-13)24-9-22-14(23-24)10-1-3-12(4-2-10)25(26)27/h1-9H. The Balaban J connectivity index is 1.77. The van der Waals surface area contributed by atoms with Gasteiger partial charge in [-0.05, 0) is 36.4 Å². The van der Waals surface area contributed by atoms with Gasteiger partial charge >= 0.3 is 12.3 Å². The minimum Gasteiger partial charge on any atom is -0.426 e. The minimum absolute atomic E-state index is 0.102. The molecule has 0 unspecified atom stereocenters. The maximum absolute atomic E-state index is 12.9. The van der Waals surface area contributed by atoms with E-state index in [1.54, 1.807) is 0 Å². The molecule has 0 saturated carbocycles. The first kappa shape index (κ1) is 19.2. The Bertz CT molecular complexity index is 985. The van der Waals surface area contributed by atoms with Crippen molar-refractivity contribution < 1.29 is 31.6 Å². The molecule has 0 bridgehead atoms. The fourth-order valence-corrected chi connectivity index (χ4v) is 2.12. The van der Waals surface area contributed by atoms with Crippen LogP contribution in [0, 0.1) is 10.1 Å². The Kier molecular flexibility index (Phi) is 4.71. The van der Waals surface area contributed by atoms with E-state index in [0.717, 1.165) is 12.1 Å². The number of ether oxygens (including phenoxy) is 1. The van der Waals surface area contributed by atoms with Gasteiger partial charge in [-0.3, -0.25) is 10.1 Å². The predicted octanol–water partition coefficient (Wildman–Crippen LogP) is 4.38. The van der Waals surface area contributed by atoms with E-state index in [2.05, 4.69) is 14.8 Å². The van der Waals surface area contributed by atoms with Gasteiger partial charge in [0.25, 0.3) is 5.69 Å². The Labute approximate surface area is 153 Å². The molecule has 2 aromatic carbocycles. The Hall–Kier alpha value is -3.57. The summed E-state index contributed by atoms with van der Waals surface area (Å²) in [5, 5.41) is 14.8. The number of nitro benzene ring substituents is 1. The minimum atomic E-state index is -5.84. The topological polar surface area (TPSA) is 83.1 Å². The molecule has 0 saturated heterocycles. The lowest BCUT2D eigenvalue weighted by Crippen LogP contribution is -2.41. The summed E-state index contributed by atoms with van der Waals surface area (Å²) in [4.78, 5) is 14.1. The van der Waals surface area contributed by atoms with Crippen molar-refractivity contribution in [2.24, 2.45) is 0 Å². The van der Waals surface area contributed by atoms with Crippen molar-refractivity contribution in [3.8, 4) is 22.8 Å². The number of hydrogen-bond acceptors (Lipinski definition) is 5. The predicted molar refractivity (Wildman–Crippen MR) is 85.1 cm³/mol. The molecule has 3 aromatic rings. The second-order valence-electron chi connectivity index (χ2n) is 5.43. The molecule has 0 atom stereocenters. The van der Waals surface area contributed by atoms with E-state index in [1.807, 2.05) is 0 Å². The van der Waals surface area contributed by atoms with Crippen LogP contribution in [0.2, 0.25) is 0 Å². The summed E-state index contributed by atoms with van der Waals surface area (Å²) in [5.41, 5.74) is 0.715. The molecule has 0 fully saturated rings. The Morgan fingerprint density at radius 2 is 1.57 bits per heavy atom. The van der Waals surface area contributed by atoms with Crippen LogP contribution >= 0.6 is 0 Å². The van der Waals surface area contributed by atoms with E-state index in [1.165, 1.54) is 47.4 Å². The quantitative estimate of drug-likeness (QED) is 0.361. The van der Waals surface area contributed by atoms with Crippen molar-refractivity contribution in [3.05, 3.63) is 65.0 Å². The number of aromatic nitrogens is 3. The van der Waals surface area contributed by atoms with Gasteiger partial charge in [-0.1, -0.05) is 0 Å². The zero-order chi connectivity index (χ0) is 20.5. The Morgan fingerprint density at radius 1 is 0.964 bits per heavy atom. The molecular formula is C16H9F5N4O3. The molecule has 146 valence electrons. The Morgan fingerprint density at radius 3 is 2.11 bits per heavy atom. The fraction of sp³-hybridized carbons (Fsp3) is 0.125. The molecule has 0 amide bonds. The van der Waals surface area contributed by atoms with Gasteiger partial charge in [0, 0.05) is 17.7 Å². The molecule has 0 radical (unpaired) electrons. The maximum Gasteiger partial charge on any atom is 0.499 e. The van der Waals surface area contributed by atoms with Crippen molar-refractivity contribution in [3.63, 3.8) is 0 Å². The maximum atomic E-state index is 12.9. The molecule has 0 N–H and O–H groups in total.